The van der Waals surface area contributed by atoms with Gasteiger partial charge in [0.15, 0.2) is 22.7 Å². The summed E-state index contributed by atoms with van der Waals surface area (Å²) in [5.41, 5.74) is 1.12. The Labute approximate surface area is 208 Å². The summed E-state index contributed by atoms with van der Waals surface area (Å²) in [5, 5.41) is 6.11. The van der Waals surface area contributed by atoms with Crippen LogP contribution in [0.5, 0.6) is 11.5 Å². The van der Waals surface area contributed by atoms with Crippen molar-refractivity contribution in [2.45, 2.75) is 39.3 Å². The molecule has 0 unspecified atom stereocenters. The van der Waals surface area contributed by atoms with Crippen molar-refractivity contribution in [2.75, 3.05) is 31.7 Å². The number of hydrogen-bond donors (Lipinski definition) is 2. The fraction of sp³-hybridized carbons (Fsp3) is 0.407. The van der Waals surface area contributed by atoms with Crippen LogP contribution in [0.25, 0.3) is 11.0 Å². The number of anilines is 1. The molecule has 0 atom stereocenters. The standard InChI is InChI=1S/C27H30FN3O5/c1-16(2)13-29-21-11-24-19(10-20(21)28)22(32)12-26(36-24)27(33)30-18-5-7-31(8-6-18)14-17-3-4-23-25(9-17)35-15-34-23/h3-4,9-12,16,18,29H,5-8,13-15H2,1-2H3,(H,30,33). The number of carbonyl (C=O) groups excluding carboxylic acids is 1. The number of halogens is 1. The van der Waals surface area contributed by atoms with Crippen molar-refractivity contribution in [1.82, 2.24) is 10.2 Å². The highest BCUT2D eigenvalue weighted by molar-refractivity contribution is 5.93. The largest absolute Gasteiger partial charge is 0.454 e. The van der Waals surface area contributed by atoms with Crippen LogP contribution >= 0.6 is 0 Å². The van der Waals surface area contributed by atoms with Crippen LogP contribution in [0, 0.1) is 11.7 Å². The third-order valence-corrected chi connectivity index (χ3v) is 6.51. The smallest absolute Gasteiger partial charge is 0.287 e. The first-order valence-electron chi connectivity index (χ1n) is 12.3. The number of rotatable bonds is 7. The topological polar surface area (TPSA) is 93.0 Å². The maximum absolute atomic E-state index is 14.4. The summed E-state index contributed by atoms with van der Waals surface area (Å²) < 4.78 is 31.0. The minimum absolute atomic E-state index is 0.0250. The number of piperidine rings is 1. The van der Waals surface area contributed by atoms with Crippen molar-refractivity contribution in [2.24, 2.45) is 5.92 Å². The van der Waals surface area contributed by atoms with Crippen LogP contribution in [0.15, 0.2) is 45.6 Å². The molecule has 2 aromatic carbocycles. The maximum Gasteiger partial charge on any atom is 0.287 e. The molecule has 2 aliphatic rings. The molecule has 8 nitrogen and oxygen atoms in total. The molecule has 0 bridgehead atoms. The number of nitrogens with zero attached hydrogens (tertiary/aromatic N) is 1. The molecule has 1 saturated heterocycles. The van der Waals surface area contributed by atoms with Crippen molar-refractivity contribution in [3.05, 3.63) is 63.8 Å². The Hall–Kier alpha value is -3.59. The van der Waals surface area contributed by atoms with Gasteiger partial charge in [0.1, 0.15) is 11.4 Å². The molecular weight excluding hydrogens is 465 g/mol. The van der Waals surface area contributed by atoms with E-state index in [1.165, 1.54) is 6.07 Å². The summed E-state index contributed by atoms with van der Waals surface area (Å²) in [5.74, 6) is 0.819. The highest BCUT2D eigenvalue weighted by Gasteiger charge is 2.24. The van der Waals surface area contributed by atoms with Crippen molar-refractivity contribution >= 4 is 22.6 Å². The van der Waals surface area contributed by atoms with E-state index in [9.17, 15) is 14.0 Å². The van der Waals surface area contributed by atoms with E-state index in [-0.39, 0.29) is 35.3 Å². The van der Waals surface area contributed by atoms with Crippen molar-refractivity contribution in [3.63, 3.8) is 0 Å². The Morgan fingerprint density at radius 2 is 1.89 bits per heavy atom. The average molecular weight is 496 g/mol. The minimum atomic E-state index is -0.528. The number of fused-ring (bicyclic) bond motifs is 2. The highest BCUT2D eigenvalue weighted by Crippen LogP contribution is 2.33. The van der Waals surface area contributed by atoms with Gasteiger partial charge in [-0.1, -0.05) is 19.9 Å². The van der Waals surface area contributed by atoms with Crippen LogP contribution in [0.3, 0.4) is 0 Å². The van der Waals surface area contributed by atoms with E-state index in [4.69, 9.17) is 13.9 Å². The number of nitrogens with one attached hydrogen (secondary N) is 2. The summed E-state index contributed by atoms with van der Waals surface area (Å²) in [4.78, 5) is 27.8. The molecule has 2 N–H and O–H groups in total. The number of carbonyl (C=O) groups is 1. The maximum atomic E-state index is 14.4. The van der Waals surface area contributed by atoms with Crippen LogP contribution in [0.4, 0.5) is 10.1 Å². The van der Waals surface area contributed by atoms with Gasteiger partial charge in [-0.3, -0.25) is 14.5 Å². The zero-order valence-corrected chi connectivity index (χ0v) is 20.4. The molecule has 3 heterocycles. The monoisotopic (exact) mass is 495 g/mol. The van der Waals surface area contributed by atoms with Gasteiger partial charge in [0.25, 0.3) is 5.91 Å². The quantitative estimate of drug-likeness (QED) is 0.509. The van der Waals surface area contributed by atoms with Crippen LogP contribution < -0.4 is 25.5 Å². The Kier molecular flexibility index (Phi) is 6.82. The Morgan fingerprint density at radius 3 is 2.67 bits per heavy atom. The van der Waals surface area contributed by atoms with Crippen molar-refractivity contribution in [1.29, 1.82) is 0 Å². The second-order valence-electron chi connectivity index (χ2n) is 9.79. The molecule has 1 fully saturated rings. The lowest BCUT2D eigenvalue weighted by Crippen LogP contribution is -2.44. The van der Waals surface area contributed by atoms with E-state index in [2.05, 4.69) is 15.5 Å². The third-order valence-electron chi connectivity index (χ3n) is 6.51. The van der Waals surface area contributed by atoms with Gasteiger partial charge >= 0.3 is 0 Å². The van der Waals surface area contributed by atoms with Gasteiger partial charge in [-0.2, -0.15) is 0 Å². The predicted octanol–water partition coefficient (Wildman–Crippen LogP) is 4.12. The fourth-order valence-electron chi connectivity index (χ4n) is 4.53. The summed E-state index contributed by atoms with van der Waals surface area (Å²) in [6.45, 7) is 7.29. The molecule has 0 saturated carbocycles. The summed E-state index contributed by atoms with van der Waals surface area (Å²) in [7, 11) is 0. The van der Waals surface area contributed by atoms with Crippen LogP contribution in [-0.2, 0) is 6.54 Å². The lowest BCUT2D eigenvalue weighted by molar-refractivity contribution is 0.0881. The molecular formula is C27H30FN3O5. The Balaban J connectivity index is 1.21. The molecule has 36 heavy (non-hydrogen) atoms. The number of benzene rings is 2. The molecule has 0 spiro atoms. The molecule has 0 aliphatic carbocycles. The number of likely N-dealkylation sites (tertiary alicyclic amines) is 1. The predicted molar refractivity (Wildman–Crippen MR) is 134 cm³/mol. The van der Waals surface area contributed by atoms with Crippen LogP contribution in [0.2, 0.25) is 0 Å². The Morgan fingerprint density at radius 1 is 1.11 bits per heavy atom. The zero-order chi connectivity index (χ0) is 25.2. The van der Waals surface area contributed by atoms with E-state index >= 15 is 0 Å². The molecule has 3 aromatic rings. The fourth-order valence-corrected chi connectivity index (χ4v) is 4.53. The van der Waals surface area contributed by atoms with Gasteiger partial charge in [-0.05, 0) is 42.5 Å². The van der Waals surface area contributed by atoms with E-state index in [1.54, 1.807) is 0 Å². The van der Waals surface area contributed by atoms with E-state index in [0.717, 1.165) is 61.7 Å². The van der Waals surface area contributed by atoms with E-state index < -0.39 is 17.2 Å². The molecule has 9 heteroatoms. The lowest BCUT2D eigenvalue weighted by atomic mass is 10.0. The van der Waals surface area contributed by atoms with E-state index in [0.29, 0.717) is 12.5 Å². The highest BCUT2D eigenvalue weighted by atomic mass is 19.1. The number of ether oxygens (including phenoxy) is 2. The van der Waals surface area contributed by atoms with E-state index in [1.807, 2.05) is 32.0 Å². The zero-order valence-electron chi connectivity index (χ0n) is 20.4. The number of hydrogen-bond acceptors (Lipinski definition) is 7. The molecule has 1 aromatic heterocycles. The van der Waals surface area contributed by atoms with Crippen molar-refractivity contribution in [3.8, 4) is 11.5 Å². The summed E-state index contributed by atoms with van der Waals surface area (Å²) >= 11 is 0. The summed E-state index contributed by atoms with van der Waals surface area (Å²) in [6.07, 6.45) is 1.56. The van der Waals surface area contributed by atoms with Gasteiger partial charge in [-0.25, -0.2) is 4.39 Å². The first kappa shape index (κ1) is 24.1. The molecule has 190 valence electrons. The van der Waals surface area contributed by atoms with Gasteiger partial charge in [0.05, 0.1) is 11.1 Å². The van der Waals surface area contributed by atoms with Gasteiger partial charge < -0.3 is 24.5 Å². The second kappa shape index (κ2) is 10.2. The van der Waals surface area contributed by atoms with Crippen LogP contribution in [0.1, 0.15) is 42.8 Å². The normalized spacial score (nSPS) is 16.0. The minimum Gasteiger partial charge on any atom is -0.454 e. The lowest BCUT2D eigenvalue weighted by Gasteiger charge is -2.32. The van der Waals surface area contributed by atoms with Crippen LogP contribution in [-0.4, -0.2) is 43.3 Å². The SMILES string of the molecule is CC(C)CNc1cc2oc(C(=O)NC3CCN(Cc4ccc5c(c4)OCO5)CC3)cc(=O)c2cc1F. The first-order valence-corrected chi connectivity index (χ1v) is 12.3. The first-order chi connectivity index (χ1) is 17.4. The van der Waals surface area contributed by atoms with Crippen molar-refractivity contribution < 1.29 is 23.1 Å². The van der Waals surface area contributed by atoms with Gasteiger partial charge in [0, 0.05) is 44.4 Å². The second-order valence-corrected chi connectivity index (χ2v) is 9.79. The average Bonchev–Trinajstić information content (AvgIpc) is 3.32. The molecule has 1 amide bonds. The Bertz CT molecular complexity index is 1330. The molecule has 0 radical (unpaired) electrons. The molecule has 2 aliphatic heterocycles. The molecule has 5 rings (SSSR count). The number of amides is 1. The third kappa shape index (κ3) is 5.31. The van der Waals surface area contributed by atoms with Gasteiger partial charge in [-0.15, -0.1) is 0 Å². The van der Waals surface area contributed by atoms with Gasteiger partial charge in [0.2, 0.25) is 6.79 Å². The summed E-state index contributed by atoms with van der Waals surface area (Å²) in [6, 6.07) is 9.68.